The number of nitrogens with one attached hydrogen (secondary N) is 1. The molecule has 4 aromatic rings. The smallest absolute Gasteiger partial charge is 0.433 e. The normalized spacial score (nSPS) is 13.5. The molecule has 2 heterocycles. The number of ether oxygens (including phenoxy) is 1. The van der Waals surface area contributed by atoms with Gasteiger partial charge in [0.25, 0.3) is 11.6 Å². The van der Waals surface area contributed by atoms with Crippen LogP contribution in [-0.2, 0) is 6.18 Å². The van der Waals surface area contributed by atoms with Crippen molar-refractivity contribution >= 4 is 46.1 Å². The molecule has 0 bridgehead atoms. The number of fused-ring (bicyclic) bond motifs is 1. The second-order valence-corrected chi connectivity index (χ2v) is 9.08. The molecule has 1 aliphatic carbocycles. The van der Waals surface area contributed by atoms with E-state index in [0.29, 0.717) is 22.4 Å². The number of rotatable bonds is 6. The van der Waals surface area contributed by atoms with Crippen LogP contribution >= 0.6 is 23.2 Å². The highest BCUT2D eigenvalue weighted by molar-refractivity contribution is 6.35. The molecule has 1 saturated carbocycles. The van der Waals surface area contributed by atoms with Crippen LogP contribution in [-0.4, -0.2) is 25.4 Å². The Morgan fingerprint density at radius 2 is 1.92 bits per heavy atom. The molecule has 2 aromatic carbocycles. The van der Waals surface area contributed by atoms with Gasteiger partial charge in [0.15, 0.2) is 5.65 Å². The predicted molar refractivity (Wildman–Crippen MR) is 128 cm³/mol. The molecule has 1 fully saturated rings. The predicted octanol–water partition coefficient (Wildman–Crippen LogP) is 6.89. The number of aromatic nitrogens is 3. The SMILES string of the molecule is O=C(Nc1cc(Oc2ccc(Cl)cc2Cl)cc([N+](=O)[O-])c1)c1cnn2c(C(F)(F)F)cc(C3CC3)nc12. The van der Waals surface area contributed by atoms with Crippen molar-refractivity contribution in [2.45, 2.75) is 24.9 Å². The Morgan fingerprint density at radius 3 is 2.57 bits per heavy atom. The molecule has 190 valence electrons. The monoisotopic (exact) mass is 551 g/mol. The lowest BCUT2D eigenvalue weighted by Gasteiger charge is -2.12. The van der Waals surface area contributed by atoms with E-state index in [-0.39, 0.29) is 45.0 Å². The van der Waals surface area contributed by atoms with E-state index in [1.807, 2.05) is 0 Å². The molecule has 0 saturated heterocycles. The van der Waals surface area contributed by atoms with E-state index in [4.69, 9.17) is 27.9 Å². The van der Waals surface area contributed by atoms with Crippen LogP contribution in [0.15, 0.2) is 48.7 Å². The van der Waals surface area contributed by atoms with Crippen molar-refractivity contribution in [3.05, 3.63) is 85.8 Å². The Balaban J connectivity index is 1.50. The van der Waals surface area contributed by atoms with Crippen LogP contribution in [0.2, 0.25) is 10.0 Å². The number of amides is 1. The Morgan fingerprint density at radius 1 is 1.16 bits per heavy atom. The minimum absolute atomic E-state index is 0.0258. The number of hydrogen-bond acceptors (Lipinski definition) is 6. The van der Waals surface area contributed by atoms with E-state index in [9.17, 15) is 28.1 Å². The van der Waals surface area contributed by atoms with Gasteiger partial charge in [0, 0.05) is 28.8 Å². The fourth-order valence-corrected chi connectivity index (χ4v) is 4.08. The van der Waals surface area contributed by atoms with Gasteiger partial charge in [-0.25, -0.2) is 9.50 Å². The van der Waals surface area contributed by atoms with Gasteiger partial charge in [0.1, 0.15) is 22.8 Å². The summed E-state index contributed by atoms with van der Waals surface area (Å²) in [6.07, 6.45) is -2.36. The van der Waals surface area contributed by atoms with Crippen molar-refractivity contribution in [3.8, 4) is 11.5 Å². The summed E-state index contributed by atoms with van der Waals surface area (Å²) < 4.78 is 47.1. The molecule has 5 rings (SSSR count). The van der Waals surface area contributed by atoms with Gasteiger partial charge in [-0.1, -0.05) is 23.2 Å². The Labute approximate surface area is 215 Å². The second-order valence-electron chi connectivity index (χ2n) is 8.24. The molecule has 0 atom stereocenters. The number of nitro groups is 1. The second kappa shape index (κ2) is 9.20. The minimum atomic E-state index is -4.72. The van der Waals surface area contributed by atoms with Crippen molar-refractivity contribution < 1.29 is 27.6 Å². The molecule has 9 nitrogen and oxygen atoms in total. The first kappa shape index (κ1) is 24.8. The van der Waals surface area contributed by atoms with E-state index in [1.54, 1.807) is 0 Å². The van der Waals surface area contributed by atoms with E-state index in [2.05, 4.69) is 15.4 Å². The zero-order valence-electron chi connectivity index (χ0n) is 18.4. The van der Waals surface area contributed by atoms with Gasteiger partial charge in [-0.2, -0.15) is 18.3 Å². The largest absolute Gasteiger partial charge is 0.455 e. The molecule has 1 N–H and O–H groups in total. The van der Waals surface area contributed by atoms with Crippen molar-refractivity contribution in [3.63, 3.8) is 0 Å². The van der Waals surface area contributed by atoms with Gasteiger partial charge in [-0.15, -0.1) is 0 Å². The summed E-state index contributed by atoms with van der Waals surface area (Å²) in [6, 6.07) is 8.81. The fraction of sp³-hybridized carbons (Fsp3) is 0.174. The van der Waals surface area contributed by atoms with Gasteiger partial charge in [-0.05, 0) is 37.1 Å². The van der Waals surface area contributed by atoms with E-state index < -0.39 is 28.4 Å². The number of nitrogens with zero attached hydrogens (tertiary/aromatic N) is 4. The highest BCUT2D eigenvalue weighted by Crippen LogP contribution is 2.41. The van der Waals surface area contributed by atoms with Gasteiger partial charge < -0.3 is 10.1 Å². The maximum Gasteiger partial charge on any atom is 0.433 e. The first-order chi connectivity index (χ1) is 17.5. The van der Waals surface area contributed by atoms with Crippen LogP contribution in [0.5, 0.6) is 11.5 Å². The number of carbonyl (C=O) groups is 1. The molecule has 0 radical (unpaired) electrons. The van der Waals surface area contributed by atoms with Crippen molar-refractivity contribution in [1.82, 2.24) is 14.6 Å². The van der Waals surface area contributed by atoms with Gasteiger partial charge in [0.2, 0.25) is 0 Å². The molecule has 37 heavy (non-hydrogen) atoms. The quantitative estimate of drug-likeness (QED) is 0.206. The maximum atomic E-state index is 13.6. The third-order valence-corrected chi connectivity index (χ3v) is 6.03. The molecule has 1 amide bonds. The third kappa shape index (κ3) is 5.16. The molecule has 14 heteroatoms. The lowest BCUT2D eigenvalue weighted by atomic mass is 10.2. The Kier molecular flexibility index (Phi) is 6.16. The standard InChI is InChI=1S/C23H14Cl2F3N5O4/c24-12-3-4-19(17(25)5-12)37-15-7-13(6-14(8-15)33(35)36)30-22(34)16-10-29-32-20(23(26,27)28)9-18(11-1-2-11)31-21(16)32/h3-11H,1-2H2,(H,30,34). The number of non-ortho nitro benzene ring substituents is 1. The Hall–Kier alpha value is -3.90. The van der Waals surface area contributed by atoms with E-state index >= 15 is 0 Å². The molecular formula is C23H14Cl2F3N5O4. The summed E-state index contributed by atoms with van der Waals surface area (Å²) in [7, 11) is 0. The number of halogens is 5. The van der Waals surface area contributed by atoms with Gasteiger partial charge in [0.05, 0.1) is 27.9 Å². The zero-order valence-corrected chi connectivity index (χ0v) is 19.9. The van der Waals surface area contributed by atoms with Crippen LogP contribution in [0.25, 0.3) is 5.65 Å². The van der Waals surface area contributed by atoms with Crippen molar-refractivity contribution in [2.75, 3.05) is 5.32 Å². The number of benzene rings is 2. The van der Waals surface area contributed by atoms with Crippen LogP contribution in [0, 0.1) is 10.1 Å². The van der Waals surface area contributed by atoms with Crippen LogP contribution in [0.3, 0.4) is 0 Å². The summed E-state index contributed by atoms with van der Waals surface area (Å²) in [4.78, 5) is 28.1. The summed E-state index contributed by atoms with van der Waals surface area (Å²) in [5, 5.41) is 18.1. The highest BCUT2D eigenvalue weighted by Gasteiger charge is 2.38. The number of carbonyl (C=O) groups excluding carboxylic acids is 1. The lowest BCUT2D eigenvalue weighted by molar-refractivity contribution is -0.384. The molecule has 0 aliphatic heterocycles. The number of nitro benzene ring substituents is 1. The first-order valence-corrected chi connectivity index (χ1v) is 11.4. The Bertz CT molecular complexity index is 1570. The summed E-state index contributed by atoms with van der Waals surface area (Å²) in [5.74, 6) is -0.849. The van der Waals surface area contributed by atoms with Crippen LogP contribution in [0.4, 0.5) is 24.5 Å². The molecule has 1 aliphatic rings. The minimum Gasteiger partial charge on any atom is -0.455 e. The summed E-state index contributed by atoms with van der Waals surface area (Å²) in [5.41, 5.74) is -1.80. The highest BCUT2D eigenvalue weighted by atomic mass is 35.5. The summed E-state index contributed by atoms with van der Waals surface area (Å²) >= 11 is 12.0. The van der Waals surface area contributed by atoms with Crippen molar-refractivity contribution in [1.29, 1.82) is 0 Å². The molecule has 2 aromatic heterocycles. The lowest BCUT2D eigenvalue weighted by Crippen LogP contribution is -2.16. The molecule has 0 unspecified atom stereocenters. The number of hydrogen-bond donors (Lipinski definition) is 1. The van der Waals surface area contributed by atoms with Crippen LogP contribution in [0.1, 0.15) is 40.5 Å². The average molecular weight is 552 g/mol. The van der Waals surface area contributed by atoms with Crippen molar-refractivity contribution in [2.24, 2.45) is 0 Å². The van der Waals surface area contributed by atoms with E-state index in [0.717, 1.165) is 24.4 Å². The zero-order chi connectivity index (χ0) is 26.5. The fourth-order valence-electron chi connectivity index (χ4n) is 3.64. The topological polar surface area (TPSA) is 112 Å². The number of alkyl halides is 3. The van der Waals surface area contributed by atoms with Crippen LogP contribution < -0.4 is 10.1 Å². The number of anilines is 1. The average Bonchev–Trinajstić information content (AvgIpc) is 3.58. The molecule has 0 spiro atoms. The van der Waals surface area contributed by atoms with E-state index in [1.165, 1.54) is 24.3 Å². The third-order valence-electron chi connectivity index (χ3n) is 5.50. The summed E-state index contributed by atoms with van der Waals surface area (Å²) in [6.45, 7) is 0. The van der Waals surface area contributed by atoms with Gasteiger partial charge >= 0.3 is 6.18 Å². The first-order valence-electron chi connectivity index (χ1n) is 10.7. The molecular weight excluding hydrogens is 538 g/mol. The maximum absolute atomic E-state index is 13.6. The van der Waals surface area contributed by atoms with Gasteiger partial charge in [-0.3, -0.25) is 14.9 Å².